The second kappa shape index (κ2) is 6.20. The fraction of sp³-hybridized carbons (Fsp3) is 0.267. The van der Waals surface area contributed by atoms with Crippen LogP contribution < -0.4 is 0 Å². The zero-order chi connectivity index (χ0) is 13.7. The van der Waals surface area contributed by atoms with Crippen molar-refractivity contribution in [2.75, 3.05) is 13.2 Å². The number of amides is 1. The Morgan fingerprint density at radius 1 is 1.32 bits per heavy atom. The smallest absolute Gasteiger partial charge is 0.257 e. The number of carbonyl (C=O) groups excluding carboxylic acids is 1. The molecule has 1 N–H and O–H groups in total. The van der Waals surface area contributed by atoms with Crippen molar-refractivity contribution in [3.05, 3.63) is 59.5 Å². The molecular weight excluding hydrogens is 242 g/mol. The molecule has 0 aliphatic rings. The topological polar surface area (TPSA) is 53.7 Å². The molecule has 19 heavy (non-hydrogen) atoms. The van der Waals surface area contributed by atoms with E-state index in [1.807, 2.05) is 30.3 Å². The van der Waals surface area contributed by atoms with Crippen LogP contribution >= 0.6 is 0 Å². The van der Waals surface area contributed by atoms with Gasteiger partial charge >= 0.3 is 0 Å². The molecule has 2 aromatic rings. The molecule has 0 saturated carbocycles. The molecule has 4 nitrogen and oxygen atoms in total. The first-order valence-electron chi connectivity index (χ1n) is 6.20. The molecule has 0 aliphatic carbocycles. The van der Waals surface area contributed by atoms with Crippen LogP contribution in [0.2, 0.25) is 0 Å². The predicted molar refractivity (Wildman–Crippen MR) is 71.7 cm³/mol. The third kappa shape index (κ3) is 3.45. The molecule has 4 heteroatoms. The van der Waals surface area contributed by atoms with Crippen LogP contribution in [0.25, 0.3) is 0 Å². The summed E-state index contributed by atoms with van der Waals surface area (Å²) >= 11 is 0. The number of benzene rings is 1. The third-order valence-electron chi connectivity index (χ3n) is 2.85. The average molecular weight is 259 g/mol. The maximum Gasteiger partial charge on any atom is 0.257 e. The van der Waals surface area contributed by atoms with Gasteiger partial charge in [-0.15, -0.1) is 0 Å². The highest BCUT2D eigenvalue weighted by molar-refractivity contribution is 5.94. The van der Waals surface area contributed by atoms with E-state index in [4.69, 9.17) is 9.52 Å². The minimum Gasteiger partial charge on any atom is -0.469 e. The second-order valence-corrected chi connectivity index (χ2v) is 4.38. The molecule has 0 atom stereocenters. The summed E-state index contributed by atoms with van der Waals surface area (Å²) in [6.45, 7) is 2.52. The third-order valence-corrected chi connectivity index (χ3v) is 2.85. The SMILES string of the molecule is Cc1cc(C(=O)N(CCO)Cc2ccccc2)co1. The molecule has 0 aliphatic heterocycles. The fourth-order valence-corrected chi connectivity index (χ4v) is 1.92. The standard InChI is InChI=1S/C15H17NO3/c1-12-9-14(11-19-12)15(18)16(7-8-17)10-13-5-3-2-4-6-13/h2-6,9,11,17H,7-8,10H2,1H3. The summed E-state index contributed by atoms with van der Waals surface area (Å²) in [7, 11) is 0. The molecule has 0 bridgehead atoms. The van der Waals surface area contributed by atoms with Crippen molar-refractivity contribution >= 4 is 5.91 Å². The molecule has 1 aromatic heterocycles. The highest BCUT2D eigenvalue weighted by Crippen LogP contribution is 2.12. The van der Waals surface area contributed by atoms with Crippen molar-refractivity contribution < 1.29 is 14.3 Å². The van der Waals surface area contributed by atoms with Crippen molar-refractivity contribution in [2.45, 2.75) is 13.5 Å². The summed E-state index contributed by atoms with van der Waals surface area (Å²) in [5, 5.41) is 9.10. The van der Waals surface area contributed by atoms with Gasteiger partial charge in [0.2, 0.25) is 0 Å². The van der Waals surface area contributed by atoms with Gasteiger partial charge in [0.25, 0.3) is 5.91 Å². The summed E-state index contributed by atoms with van der Waals surface area (Å²) in [5.41, 5.74) is 1.55. The van der Waals surface area contributed by atoms with Crippen molar-refractivity contribution in [1.29, 1.82) is 0 Å². The highest BCUT2D eigenvalue weighted by atomic mass is 16.3. The maximum atomic E-state index is 12.3. The van der Waals surface area contributed by atoms with Crippen LogP contribution in [0.15, 0.2) is 47.1 Å². The van der Waals surface area contributed by atoms with Gasteiger partial charge in [-0.2, -0.15) is 0 Å². The first kappa shape index (κ1) is 13.4. The first-order chi connectivity index (χ1) is 9.20. The van der Waals surface area contributed by atoms with Crippen LogP contribution in [0.1, 0.15) is 21.7 Å². The lowest BCUT2D eigenvalue weighted by Gasteiger charge is -2.21. The van der Waals surface area contributed by atoms with Gasteiger partial charge < -0.3 is 14.4 Å². The van der Waals surface area contributed by atoms with E-state index in [2.05, 4.69) is 0 Å². The molecule has 0 spiro atoms. The lowest BCUT2D eigenvalue weighted by Crippen LogP contribution is -2.32. The number of nitrogens with zero attached hydrogens (tertiary/aromatic N) is 1. The molecule has 0 saturated heterocycles. The number of aryl methyl sites for hydroxylation is 1. The molecule has 0 radical (unpaired) electrons. The van der Waals surface area contributed by atoms with Gasteiger partial charge in [0.15, 0.2) is 0 Å². The van der Waals surface area contributed by atoms with Gasteiger partial charge in [-0.25, -0.2) is 0 Å². The number of rotatable bonds is 5. The van der Waals surface area contributed by atoms with Crippen LogP contribution in [0, 0.1) is 6.92 Å². The molecule has 2 rings (SSSR count). The number of carbonyl (C=O) groups is 1. The molecule has 0 unspecified atom stereocenters. The Labute approximate surface area is 112 Å². The van der Waals surface area contributed by atoms with Gasteiger partial charge in [0.05, 0.1) is 12.2 Å². The van der Waals surface area contributed by atoms with Crippen molar-refractivity contribution in [2.24, 2.45) is 0 Å². The lowest BCUT2D eigenvalue weighted by molar-refractivity contribution is 0.0707. The summed E-state index contributed by atoms with van der Waals surface area (Å²) < 4.78 is 5.15. The zero-order valence-electron chi connectivity index (χ0n) is 10.9. The fourth-order valence-electron chi connectivity index (χ4n) is 1.92. The number of aliphatic hydroxyl groups is 1. The molecule has 1 aromatic carbocycles. The van der Waals surface area contributed by atoms with E-state index in [1.54, 1.807) is 17.9 Å². The Balaban J connectivity index is 2.13. The summed E-state index contributed by atoms with van der Waals surface area (Å²) in [4.78, 5) is 13.9. The van der Waals surface area contributed by atoms with Crippen LogP contribution in [0.4, 0.5) is 0 Å². The molecule has 1 heterocycles. The van der Waals surface area contributed by atoms with E-state index in [1.165, 1.54) is 6.26 Å². The number of furan rings is 1. The minimum absolute atomic E-state index is 0.0601. The number of hydrogen-bond donors (Lipinski definition) is 1. The van der Waals surface area contributed by atoms with E-state index in [0.717, 1.165) is 5.56 Å². The van der Waals surface area contributed by atoms with Gasteiger partial charge in [-0.05, 0) is 18.6 Å². The highest BCUT2D eigenvalue weighted by Gasteiger charge is 2.17. The lowest BCUT2D eigenvalue weighted by atomic mass is 10.2. The molecule has 1 amide bonds. The van der Waals surface area contributed by atoms with Crippen LogP contribution in [-0.2, 0) is 6.54 Å². The summed E-state index contributed by atoms with van der Waals surface area (Å²) in [6, 6.07) is 11.4. The Bertz CT molecular complexity index is 533. The van der Waals surface area contributed by atoms with E-state index >= 15 is 0 Å². The summed E-state index contributed by atoms with van der Waals surface area (Å²) in [6.07, 6.45) is 1.45. The number of aliphatic hydroxyl groups excluding tert-OH is 1. The van der Waals surface area contributed by atoms with Gasteiger partial charge in [0, 0.05) is 13.1 Å². The quantitative estimate of drug-likeness (QED) is 0.895. The average Bonchev–Trinajstić information content (AvgIpc) is 2.85. The molecule has 0 fully saturated rings. The van der Waals surface area contributed by atoms with E-state index in [9.17, 15) is 4.79 Å². The normalized spacial score (nSPS) is 10.4. The van der Waals surface area contributed by atoms with Crippen molar-refractivity contribution in [3.63, 3.8) is 0 Å². The van der Waals surface area contributed by atoms with Crippen LogP contribution in [0.5, 0.6) is 0 Å². The zero-order valence-corrected chi connectivity index (χ0v) is 10.9. The number of hydrogen-bond acceptors (Lipinski definition) is 3. The van der Waals surface area contributed by atoms with E-state index in [0.29, 0.717) is 24.4 Å². The predicted octanol–water partition coefficient (Wildman–Crippen LogP) is 2.22. The maximum absolute atomic E-state index is 12.3. The van der Waals surface area contributed by atoms with Crippen molar-refractivity contribution in [1.82, 2.24) is 4.90 Å². The largest absolute Gasteiger partial charge is 0.469 e. The second-order valence-electron chi connectivity index (χ2n) is 4.38. The van der Waals surface area contributed by atoms with E-state index in [-0.39, 0.29) is 12.5 Å². The Morgan fingerprint density at radius 2 is 2.05 bits per heavy atom. The van der Waals surface area contributed by atoms with Gasteiger partial charge in [-0.3, -0.25) is 4.79 Å². The van der Waals surface area contributed by atoms with Crippen LogP contribution in [0.3, 0.4) is 0 Å². The van der Waals surface area contributed by atoms with E-state index < -0.39 is 0 Å². The van der Waals surface area contributed by atoms with Gasteiger partial charge in [-0.1, -0.05) is 30.3 Å². The van der Waals surface area contributed by atoms with Crippen molar-refractivity contribution in [3.8, 4) is 0 Å². The van der Waals surface area contributed by atoms with Crippen LogP contribution in [-0.4, -0.2) is 29.1 Å². The Morgan fingerprint density at radius 3 is 2.63 bits per heavy atom. The Hall–Kier alpha value is -2.07. The molecular formula is C15H17NO3. The van der Waals surface area contributed by atoms with Gasteiger partial charge in [0.1, 0.15) is 12.0 Å². The first-order valence-corrected chi connectivity index (χ1v) is 6.20. The summed E-state index contributed by atoms with van der Waals surface area (Å²) in [5.74, 6) is 0.571. The minimum atomic E-state index is -0.130. The molecule has 100 valence electrons. The monoisotopic (exact) mass is 259 g/mol. The Kier molecular flexibility index (Phi) is 4.36.